The molecule has 3 aliphatic heterocycles. The summed E-state index contributed by atoms with van der Waals surface area (Å²) in [5, 5.41) is 56.7. The molecule has 3 heterocycles. The van der Waals surface area contributed by atoms with Crippen molar-refractivity contribution in [3.05, 3.63) is 36.0 Å². The molecular formula is C51H83NO14. The third kappa shape index (κ3) is 14.4. The Morgan fingerprint density at radius 2 is 1.56 bits per heavy atom. The van der Waals surface area contributed by atoms with Crippen molar-refractivity contribution in [2.45, 2.75) is 192 Å². The summed E-state index contributed by atoms with van der Waals surface area (Å²) in [7, 11) is 4.35. The molecule has 4 rings (SSSR count). The highest BCUT2D eigenvalue weighted by atomic mass is 16.6. The molecule has 2 saturated heterocycles. The maximum atomic E-state index is 14.4. The van der Waals surface area contributed by atoms with Crippen molar-refractivity contribution in [1.82, 2.24) is 4.90 Å². The normalized spacial score (nSPS) is 42.0. The molecule has 3 fully saturated rings. The number of carbonyl (C=O) groups is 4. The fraction of sp³-hybridized carbons (Fsp3) is 0.804. The van der Waals surface area contributed by atoms with Crippen LogP contribution in [0.4, 0.5) is 0 Å². The number of allylic oxidation sites excluding steroid dienone is 4. The molecule has 66 heavy (non-hydrogen) atoms. The van der Waals surface area contributed by atoms with E-state index in [-0.39, 0.29) is 54.8 Å². The fourth-order valence-corrected chi connectivity index (χ4v) is 10.5. The molecule has 0 aromatic carbocycles. The van der Waals surface area contributed by atoms with E-state index in [4.69, 9.17) is 23.7 Å². The van der Waals surface area contributed by atoms with Crippen LogP contribution >= 0.6 is 0 Å². The Morgan fingerprint density at radius 3 is 2.23 bits per heavy atom. The molecule has 0 aromatic heterocycles. The number of aliphatic hydroxyl groups is 5. The van der Waals surface area contributed by atoms with E-state index in [0.717, 1.165) is 6.42 Å². The lowest BCUT2D eigenvalue weighted by Crippen LogP contribution is -2.59. The molecule has 15 heteroatoms. The van der Waals surface area contributed by atoms with E-state index in [0.29, 0.717) is 69.9 Å². The molecule has 4 aliphatic rings. The van der Waals surface area contributed by atoms with Gasteiger partial charge in [0.1, 0.15) is 30.0 Å². The molecule has 1 saturated carbocycles. The Hall–Kier alpha value is -2.70. The number of hydrogen-bond donors (Lipinski definition) is 5. The monoisotopic (exact) mass is 934 g/mol. The highest BCUT2D eigenvalue weighted by Crippen LogP contribution is 2.38. The molecular weight excluding hydrogens is 851 g/mol. The Balaban J connectivity index is 1.69. The molecule has 1 aliphatic carbocycles. The van der Waals surface area contributed by atoms with Crippen molar-refractivity contribution in [2.24, 2.45) is 35.5 Å². The average Bonchev–Trinajstić information content (AvgIpc) is 3.28. The number of rotatable bonds is 6. The van der Waals surface area contributed by atoms with Gasteiger partial charge in [-0.3, -0.25) is 24.1 Å². The van der Waals surface area contributed by atoms with Crippen molar-refractivity contribution < 1.29 is 68.4 Å². The van der Waals surface area contributed by atoms with Gasteiger partial charge in [-0.15, -0.1) is 0 Å². The number of cyclic esters (lactones) is 1. The topological polar surface area (TPSA) is 219 Å². The lowest BCUT2D eigenvalue weighted by atomic mass is 9.78. The number of esters is 1. The summed E-state index contributed by atoms with van der Waals surface area (Å²) in [5.74, 6) is -5.94. The van der Waals surface area contributed by atoms with Crippen molar-refractivity contribution in [1.29, 1.82) is 0 Å². The maximum Gasteiger partial charge on any atom is 0.323 e. The molecule has 2 bridgehead atoms. The van der Waals surface area contributed by atoms with Gasteiger partial charge in [0.25, 0.3) is 0 Å². The lowest BCUT2D eigenvalue weighted by molar-refractivity contribution is -0.271. The maximum absolute atomic E-state index is 14.4. The van der Waals surface area contributed by atoms with Crippen molar-refractivity contribution >= 4 is 23.3 Å². The smallest absolute Gasteiger partial charge is 0.323 e. The van der Waals surface area contributed by atoms with E-state index in [2.05, 4.69) is 0 Å². The van der Waals surface area contributed by atoms with Crippen LogP contribution in [0.2, 0.25) is 0 Å². The highest BCUT2D eigenvalue weighted by Gasteiger charge is 2.50. The Kier molecular flexibility index (Phi) is 21.4. The van der Waals surface area contributed by atoms with Crippen LogP contribution in [0.5, 0.6) is 0 Å². The van der Waals surface area contributed by atoms with Gasteiger partial charge in [0.15, 0.2) is 11.6 Å². The van der Waals surface area contributed by atoms with E-state index in [1.807, 2.05) is 19.9 Å². The summed E-state index contributed by atoms with van der Waals surface area (Å²) >= 11 is 0. The Labute approximate surface area is 393 Å². The van der Waals surface area contributed by atoms with Crippen LogP contribution in [-0.4, -0.2) is 154 Å². The molecule has 0 amide bonds. The van der Waals surface area contributed by atoms with Crippen LogP contribution < -0.4 is 0 Å². The first-order chi connectivity index (χ1) is 31.1. The van der Waals surface area contributed by atoms with Gasteiger partial charge in [-0.2, -0.15) is 0 Å². The number of piperidine rings is 1. The largest absolute Gasteiger partial charge is 0.460 e. The Bertz CT molecular complexity index is 1700. The van der Waals surface area contributed by atoms with Gasteiger partial charge in [0.05, 0.1) is 37.1 Å². The van der Waals surface area contributed by atoms with Crippen LogP contribution in [0.25, 0.3) is 0 Å². The predicted molar refractivity (Wildman–Crippen MR) is 248 cm³/mol. The number of Topliss-reactive ketones (excluding diaryl/α,β-unsaturated/α-hetero) is 3. The van der Waals surface area contributed by atoms with Crippen LogP contribution in [-0.2, 0) is 42.9 Å². The van der Waals surface area contributed by atoms with Gasteiger partial charge in [-0.25, -0.2) is 0 Å². The average molecular weight is 934 g/mol. The van der Waals surface area contributed by atoms with E-state index in [1.165, 1.54) is 27.2 Å². The second kappa shape index (κ2) is 25.2. The van der Waals surface area contributed by atoms with Gasteiger partial charge in [0, 0.05) is 51.9 Å². The molecule has 5 N–H and O–H groups in total. The van der Waals surface area contributed by atoms with Crippen LogP contribution in [0.3, 0.4) is 0 Å². The third-order valence-electron chi connectivity index (χ3n) is 15.1. The van der Waals surface area contributed by atoms with Gasteiger partial charge >= 0.3 is 5.97 Å². The lowest BCUT2D eigenvalue weighted by Gasteiger charge is -2.44. The minimum absolute atomic E-state index is 0.0601. The number of carbonyl (C=O) groups excluding carboxylic acids is 4. The molecule has 0 radical (unpaired) electrons. The van der Waals surface area contributed by atoms with E-state index in [1.54, 1.807) is 57.9 Å². The van der Waals surface area contributed by atoms with E-state index >= 15 is 0 Å². The number of fused-ring (bicyclic) bond motifs is 3. The van der Waals surface area contributed by atoms with Gasteiger partial charge in [0.2, 0.25) is 11.6 Å². The van der Waals surface area contributed by atoms with E-state index in [9.17, 15) is 44.7 Å². The third-order valence-corrected chi connectivity index (χ3v) is 15.1. The molecule has 0 aromatic rings. The number of ether oxygens (including phenoxy) is 5. The fourth-order valence-electron chi connectivity index (χ4n) is 10.5. The summed E-state index contributed by atoms with van der Waals surface area (Å²) in [6.45, 7) is 12.3. The SMILES string of the molecule is COC1CC(CC(C)C2CC(=O)/C(C)=C/C(C)C(O)C(OC)C(=O)C(C)CC(C)C=CC=CC(O)C(C)(O)C(OC)CC3CCC(C)C(O)(O3)C(=O)CN3CCCCC3C(=O)O2)CCC1O. The summed E-state index contributed by atoms with van der Waals surface area (Å²) in [6, 6.07) is -0.831. The Morgan fingerprint density at radius 1 is 0.864 bits per heavy atom. The van der Waals surface area contributed by atoms with Crippen LogP contribution in [0.1, 0.15) is 126 Å². The molecule has 376 valence electrons. The van der Waals surface area contributed by atoms with Crippen LogP contribution in [0, 0.1) is 35.5 Å². The predicted octanol–water partition coefficient (Wildman–Crippen LogP) is 4.82. The van der Waals surface area contributed by atoms with Crippen molar-refractivity contribution in [2.75, 3.05) is 34.4 Å². The second-order valence-corrected chi connectivity index (χ2v) is 20.4. The van der Waals surface area contributed by atoms with Gasteiger partial charge in [-0.05, 0) is 102 Å². The molecule has 17 atom stereocenters. The quantitative estimate of drug-likeness (QED) is 0.226. The molecule has 17 unspecified atom stereocenters. The first-order valence-electron chi connectivity index (χ1n) is 24.4. The standard InChI is InChI=1S/C51H83NO14/c1-30-15-11-12-17-43(55)50(7,60)45(63-9)27-37-20-18-35(6)51(61,66-37)44(56)29-52-22-14-13-16-38(52)49(59)65-41(32(3)25-36-19-21-39(53)42(26-36)62-8)28-40(54)31(2)24-34(5)47(58)48(64-10)46(57)33(4)23-30/h11-12,15,17,24,30,32-39,41-43,45,47-48,53,55,58,60-61H,13-14,16,18-23,25-29H2,1-10H3/b15-11?,17-12?,31-24+. The highest BCUT2D eigenvalue weighted by molar-refractivity contribution is 5.95. The first-order valence-corrected chi connectivity index (χ1v) is 24.4. The summed E-state index contributed by atoms with van der Waals surface area (Å²) in [5.41, 5.74) is -1.46. The number of ketones is 3. The van der Waals surface area contributed by atoms with E-state index < -0.39 is 89.7 Å². The van der Waals surface area contributed by atoms with Crippen LogP contribution in [0.15, 0.2) is 36.0 Å². The minimum atomic E-state index is -2.20. The zero-order valence-corrected chi connectivity index (χ0v) is 41.3. The summed E-state index contributed by atoms with van der Waals surface area (Å²) < 4.78 is 29.4. The zero-order valence-electron chi connectivity index (χ0n) is 41.3. The van der Waals surface area contributed by atoms with Crippen molar-refractivity contribution in [3.63, 3.8) is 0 Å². The van der Waals surface area contributed by atoms with Crippen molar-refractivity contribution in [3.8, 4) is 0 Å². The summed E-state index contributed by atoms with van der Waals surface area (Å²) in [4.78, 5) is 58.2. The summed E-state index contributed by atoms with van der Waals surface area (Å²) in [6.07, 6.45) is 6.62. The second-order valence-electron chi connectivity index (χ2n) is 20.4. The van der Waals surface area contributed by atoms with Gasteiger partial charge < -0.3 is 49.2 Å². The molecule has 0 spiro atoms. The molecule has 15 nitrogen and oxygen atoms in total. The number of nitrogens with zero attached hydrogens (tertiary/aromatic N) is 1. The van der Waals surface area contributed by atoms with Gasteiger partial charge in [-0.1, -0.05) is 71.4 Å². The number of hydrogen-bond acceptors (Lipinski definition) is 15. The number of aliphatic hydroxyl groups excluding tert-OH is 3. The zero-order chi connectivity index (χ0) is 49.1. The first kappa shape index (κ1) is 55.9. The minimum Gasteiger partial charge on any atom is -0.460 e. The number of methoxy groups -OCH3 is 3.